The Morgan fingerprint density at radius 2 is 1.85 bits per heavy atom. The molecule has 27 heavy (non-hydrogen) atoms. The monoisotopic (exact) mass is 368 g/mol. The summed E-state index contributed by atoms with van der Waals surface area (Å²) in [7, 11) is 0. The number of aliphatic hydroxyl groups is 1. The largest absolute Gasteiger partial charge is 0.478 e. The van der Waals surface area contributed by atoms with Gasteiger partial charge in [0.1, 0.15) is 0 Å². The lowest BCUT2D eigenvalue weighted by atomic mass is 9.87. The Labute approximate surface area is 158 Å². The highest BCUT2D eigenvalue weighted by Crippen LogP contribution is 2.34. The third kappa shape index (κ3) is 4.46. The van der Waals surface area contributed by atoms with Crippen LogP contribution in [0.5, 0.6) is 0 Å². The number of urea groups is 1. The van der Waals surface area contributed by atoms with Gasteiger partial charge in [-0.15, -0.1) is 0 Å². The van der Waals surface area contributed by atoms with Crippen molar-refractivity contribution in [1.82, 2.24) is 10.2 Å². The average molecular weight is 368 g/mol. The van der Waals surface area contributed by atoms with Crippen LogP contribution in [0.25, 0.3) is 0 Å². The number of aromatic carboxylic acids is 1. The van der Waals surface area contributed by atoms with Crippen molar-refractivity contribution in [3.63, 3.8) is 0 Å². The smallest absolute Gasteiger partial charge is 0.335 e. The van der Waals surface area contributed by atoms with Gasteiger partial charge in [0.05, 0.1) is 18.2 Å². The molecule has 0 fully saturated rings. The molecule has 2 amide bonds. The number of fused-ring (bicyclic) bond motifs is 1. The third-order valence-corrected chi connectivity index (χ3v) is 4.96. The molecule has 6 heteroatoms. The van der Waals surface area contributed by atoms with Crippen molar-refractivity contribution < 1.29 is 19.8 Å². The number of hydrogen-bond donors (Lipinski definition) is 3. The van der Waals surface area contributed by atoms with E-state index in [4.69, 9.17) is 5.11 Å². The van der Waals surface area contributed by atoms with Crippen LogP contribution in [0.4, 0.5) is 4.79 Å². The van der Waals surface area contributed by atoms with Gasteiger partial charge in [-0.2, -0.15) is 0 Å². The van der Waals surface area contributed by atoms with Gasteiger partial charge in [-0.3, -0.25) is 0 Å². The lowest BCUT2D eigenvalue weighted by Crippen LogP contribution is -2.44. The molecule has 142 valence electrons. The van der Waals surface area contributed by atoms with E-state index in [-0.39, 0.29) is 30.8 Å². The van der Waals surface area contributed by atoms with Gasteiger partial charge in [0.25, 0.3) is 0 Å². The molecule has 1 atom stereocenters. The van der Waals surface area contributed by atoms with Crippen LogP contribution in [-0.4, -0.2) is 40.3 Å². The number of benzene rings is 2. The molecule has 3 rings (SSSR count). The van der Waals surface area contributed by atoms with Crippen molar-refractivity contribution in [1.29, 1.82) is 0 Å². The summed E-state index contributed by atoms with van der Waals surface area (Å²) in [6, 6.07) is 14.3. The standard InChI is InChI=1S/C21H24N2O4/c24-13-12-23(19-7-3-5-16-4-1-2-6-18(16)19)21(27)22-14-15-8-10-17(11-9-15)20(25)26/h1-2,4,6,8-11,19,24H,3,5,7,12-14H2,(H,22,27)(H,25,26). The maximum absolute atomic E-state index is 12.8. The molecule has 0 radical (unpaired) electrons. The predicted molar refractivity (Wildman–Crippen MR) is 102 cm³/mol. The molecular weight excluding hydrogens is 344 g/mol. The summed E-state index contributed by atoms with van der Waals surface area (Å²) < 4.78 is 0. The highest BCUT2D eigenvalue weighted by molar-refractivity contribution is 5.87. The topological polar surface area (TPSA) is 89.9 Å². The highest BCUT2D eigenvalue weighted by Gasteiger charge is 2.28. The van der Waals surface area contributed by atoms with E-state index in [2.05, 4.69) is 17.4 Å². The maximum Gasteiger partial charge on any atom is 0.335 e. The Kier molecular flexibility index (Phi) is 6.08. The summed E-state index contributed by atoms with van der Waals surface area (Å²) >= 11 is 0. The van der Waals surface area contributed by atoms with Crippen molar-refractivity contribution in [3.05, 3.63) is 70.8 Å². The van der Waals surface area contributed by atoms with Gasteiger partial charge in [-0.05, 0) is 48.1 Å². The Hall–Kier alpha value is -2.86. The van der Waals surface area contributed by atoms with Gasteiger partial charge >= 0.3 is 12.0 Å². The molecule has 1 aliphatic rings. The number of hydrogen-bond acceptors (Lipinski definition) is 3. The van der Waals surface area contributed by atoms with E-state index in [1.54, 1.807) is 17.0 Å². The minimum absolute atomic E-state index is 0.0449. The molecule has 0 saturated heterocycles. The Morgan fingerprint density at radius 3 is 2.56 bits per heavy atom. The van der Waals surface area contributed by atoms with Gasteiger partial charge in [0.15, 0.2) is 0 Å². The zero-order chi connectivity index (χ0) is 19.2. The zero-order valence-corrected chi connectivity index (χ0v) is 15.1. The first-order valence-corrected chi connectivity index (χ1v) is 9.15. The normalized spacial score (nSPS) is 15.7. The first-order valence-electron chi connectivity index (χ1n) is 9.15. The van der Waals surface area contributed by atoms with Gasteiger partial charge in [0, 0.05) is 13.1 Å². The van der Waals surface area contributed by atoms with Crippen molar-refractivity contribution >= 4 is 12.0 Å². The number of carbonyl (C=O) groups is 2. The molecule has 0 heterocycles. The van der Waals surface area contributed by atoms with Gasteiger partial charge < -0.3 is 20.4 Å². The van der Waals surface area contributed by atoms with Gasteiger partial charge in [-0.1, -0.05) is 36.4 Å². The number of carboxylic acids is 1. The number of aliphatic hydroxyl groups excluding tert-OH is 1. The molecule has 0 aliphatic heterocycles. The fourth-order valence-corrected chi connectivity index (χ4v) is 3.60. The molecule has 6 nitrogen and oxygen atoms in total. The SMILES string of the molecule is O=C(O)c1ccc(CNC(=O)N(CCO)C2CCCc3ccccc32)cc1. The maximum atomic E-state index is 12.8. The van der Waals surface area contributed by atoms with Crippen LogP contribution in [0.15, 0.2) is 48.5 Å². The first-order chi connectivity index (χ1) is 13.1. The second kappa shape index (κ2) is 8.68. The molecule has 0 saturated carbocycles. The van der Waals surface area contributed by atoms with Crippen molar-refractivity contribution in [2.45, 2.75) is 31.8 Å². The number of amides is 2. The molecule has 1 unspecified atom stereocenters. The number of aryl methyl sites for hydroxylation is 1. The summed E-state index contributed by atoms with van der Waals surface area (Å²) in [5.74, 6) is -0.976. The van der Waals surface area contributed by atoms with Crippen LogP contribution >= 0.6 is 0 Å². The molecule has 3 N–H and O–H groups in total. The number of nitrogens with zero attached hydrogens (tertiary/aromatic N) is 1. The van der Waals surface area contributed by atoms with Crippen LogP contribution in [0, 0.1) is 0 Å². The third-order valence-electron chi connectivity index (χ3n) is 4.96. The van der Waals surface area contributed by atoms with E-state index in [0.717, 1.165) is 30.4 Å². The molecule has 0 bridgehead atoms. The fourth-order valence-electron chi connectivity index (χ4n) is 3.60. The van der Waals surface area contributed by atoms with E-state index in [0.29, 0.717) is 6.54 Å². The molecule has 0 aromatic heterocycles. The number of nitrogens with one attached hydrogen (secondary N) is 1. The molecule has 2 aromatic carbocycles. The van der Waals surface area contributed by atoms with Crippen molar-refractivity contribution in [2.24, 2.45) is 0 Å². The van der Waals surface area contributed by atoms with Crippen molar-refractivity contribution in [3.8, 4) is 0 Å². The molecule has 0 spiro atoms. The first kappa shape index (κ1) is 18.9. The Morgan fingerprint density at radius 1 is 1.11 bits per heavy atom. The van der Waals surface area contributed by atoms with Crippen LogP contribution in [0.1, 0.15) is 45.9 Å². The highest BCUT2D eigenvalue weighted by atomic mass is 16.4. The van der Waals surface area contributed by atoms with Crippen LogP contribution in [0.2, 0.25) is 0 Å². The second-order valence-corrected chi connectivity index (χ2v) is 6.68. The Balaban J connectivity index is 1.70. The molecule has 1 aliphatic carbocycles. The minimum Gasteiger partial charge on any atom is -0.478 e. The molecular formula is C21H24N2O4. The Bertz CT molecular complexity index is 804. The summed E-state index contributed by atoms with van der Waals surface area (Å²) in [6.07, 6.45) is 2.89. The fraction of sp³-hybridized carbons (Fsp3) is 0.333. The quantitative estimate of drug-likeness (QED) is 0.731. The zero-order valence-electron chi connectivity index (χ0n) is 15.1. The number of rotatable bonds is 6. The molecule has 2 aromatic rings. The summed E-state index contributed by atoms with van der Waals surface area (Å²) in [5, 5.41) is 21.3. The van der Waals surface area contributed by atoms with Gasteiger partial charge in [0.2, 0.25) is 0 Å². The van der Waals surface area contributed by atoms with E-state index < -0.39 is 5.97 Å². The van der Waals surface area contributed by atoms with E-state index in [9.17, 15) is 14.7 Å². The average Bonchev–Trinajstić information content (AvgIpc) is 2.70. The minimum atomic E-state index is -0.976. The van der Waals surface area contributed by atoms with Gasteiger partial charge in [-0.25, -0.2) is 9.59 Å². The summed E-state index contributed by atoms with van der Waals surface area (Å²) in [4.78, 5) is 25.4. The van der Waals surface area contributed by atoms with Crippen LogP contribution in [0.3, 0.4) is 0 Å². The summed E-state index contributed by atoms with van der Waals surface area (Å²) in [5.41, 5.74) is 3.44. The summed E-state index contributed by atoms with van der Waals surface area (Å²) in [6.45, 7) is 0.469. The number of carbonyl (C=O) groups excluding carboxylic acids is 1. The van der Waals surface area contributed by atoms with E-state index in [1.165, 1.54) is 17.7 Å². The number of carboxylic acid groups (broad SMARTS) is 1. The van der Waals surface area contributed by atoms with E-state index in [1.807, 2.05) is 12.1 Å². The van der Waals surface area contributed by atoms with Crippen LogP contribution in [-0.2, 0) is 13.0 Å². The van der Waals surface area contributed by atoms with Crippen molar-refractivity contribution in [2.75, 3.05) is 13.2 Å². The van der Waals surface area contributed by atoms with E-state index >= 15 is 0 Å². The lowest BCUT2D eigenvalue weighted by Gasteiger charge is -2.35. The lowest BCUT2D eigenvalue weighted by molar-refractivity contribution is 0.0697. The second-order valence-electron chi connectivity index (χ2n) is 6.68. The van der Waals surface area contributed by atoms with Crippen LogP contribution < -0.4 is 5.32 Å². The predicted octanol–water partition coefficient (Wildman–Crippen LogP) is 2.97.